The van der Waals surface area contributed by atoms with Gasteiger partial charge in [0.2, 0.25) is 5.91 Å². The van der Waals surface area contributed by atoms with E-state index < -0.39 is 42.3 Å². The third kappa shape index (κ3) is 20.3. The molecule has 2 amide bonds. The third-order valence-corrected chi connectivity index (χ3v) is 3.54. The second kappa shape index (κ2) is 23.1. The fraction of sp³-hybridized carbons (Fsp3) is 0.458. The molecule has 0 bridgehead atoms. The summed E-state index contributed by atoms with van der Waals surface area (Å²) in [6.07, 6.45) is 4.89. The zero-order valence-electron chi connectivity index (χ0n) is 20.9. The van der Waals surface area contributed by atoms with Crippen molar-refractivity contribution in [1.29, 1.82) is 0 Å². The van der Waals surface area contributed by atoms with E-state index in [1.807, 2.05) is 27.7 Å². The first-order chi connectivity index (χ1) is 16.6. The average Bonchev–Trinajstić information content (AvgIpc) is 2.86. The molecule has 196 valence electrons. The van der Waals surface area contributed by atoms with Gasteiger partial charge in [0.25, 0.3) is 5.91 Å². The smallest absolute Gasteiger partial charge is 0.326 e. The maximum Gasteiger partial charge on any atom is 0.326 e. The van der Waals surface area contributed by atoms with Crippen LogP contribution in [0.2, 0.25) is 0 Å². The Balaban J connectivity index is -0.000000520. The topological polar surface area (TPSA) is 182 Å². The van der Waals surface area contributed by atoms with Gasteiger partial charge in [0.1, 0.15) is 12.6 Å². The summed E-state index contributed by atoms with van der Waals surface area (Å²) >= 11 is 0. The zero-order valence-corrected chi connectivity index (χ0v) is 20.9. The second-order valence-electron chi connectivity index (χ2n) is 5.96. The van der Waals surface area contributed by atoms with Crippen LogP contribution in [-0.2, 0) is 19.2 Å². The van der Waals surface area contributed by atoms with Crippen LogP contribution in [0, 0.1) is 12.3 Å². The molecule has 1 atom stereocenters. The van der Waals surface area contributed by atoms with Crippen LogP contribution in [0.15, 0.2) is 24.3 Å². The Kier molecular flexibility index (Phi) is 23.4. The molecule has 0 aromatic heterocycles. The highest BCUT2D eigenvalue weighted by Crippen LogP contribution is 2.08. The van der Waals surface area contributed by atoms with Gasteiger partial charge in [-0.2, -0.15) is 0 Å². The van der Waals surface area contributed by atoms with E-state index in [4.69, 9.17) is 21.7 Å². The van der Waals surface area contributed by atoms with Crippen LogP contribution in [0.5, 0.6) is 0 Å². The van der Waals surface area contributed by atoms with E-state index in [1.54, 1.807) is 31.2 Å². The van der Waals surface area contributed by atoms with Crippen LogP contribution < -0.4 is 16.0 Å². The highest BCUT2D eigenvalue weighted by Gasteiger charge is 2.19. The lowest BCUT2D eigenvalue weighted by Crippen LogP contribution is -2.40. The number of hydrogen-bond acceptors (Lipinski definition) is 6. The summed E-state index contributed by atoms with van der Waals surface area (Å²) in [7, 11) is 0. The number of nitrogens with one attached hydrogen (secondary N) is 3. The molecule has 1 unspecified atom stereocenters. The Morgan fingerprint density at radius 1 is 0.943 bits per heavy atom. The first kappa shape index (κ1) is 35.5. The lowest BCUT2D eigenvalue weighted by molar-refractivity contribution is -0.143. The van der Waals surface area contributed by atoms with Gasteiger partial charge in [-0.05, 0) is 30.7 Å². The molecule has 1 aromatic carbocycles. The number of carbonyl (C=O) groups is 5. The van der Waals surface area contributed by atoms with Gasteiger partial charge in [-0.15, -0.1) is 6.42 Å². The lowest BCUT2D eigenvalue weighted by atomic mass is 10.1. The van der Waals surface area contributed by atoms with E-state index in [0.717, 1.165) is 5.69 Å². The van der Waals surface area contributed by atoms with E-state index in [-0.39, 0.29) is 19.3 Å². The first-order valence-corrected chi connectivity index (χ1v) is 11.1. The minimum absolute atomic E-state index is 0.101. The molecule has 11 nitrogen and oxygen atoms in total. The van der Waals surface area contributed by atoms with Crippen molar-refractivity contribution in [2.45, 2.75) is 59.9 Å². The monoisotopic (exact) mass is 495 g/mol. The largest absolute Gasteiger partial charge is 0.481 e. The van der Waals surface area contributed by atoms with Gasteiger partial charge < -0.3 is 31.3 Å². The molecule has 35 heavy (non-hydrogen) atoms. The predicted octanol–water partition coefficient (Wildman–Crippen LogP) is 2.43. The Hall–Kier alpha value is -4.07. The van der Waals surface area contributed by atoms with Crippen molar-refractivity contribution in [3.8, 4) is 12.3 Å². The van der Waals surface area contributed by atoms with E-state index >= 15 is 0 Å². The van der Waals surface area contributed by atoms with Gasteiger partial charge in [0.15, 0.2) is 0 Å². The normalized spacial score (nSPS) is 9.49. The van der Waals surface area contributed by atoms with Crippen LogP contribution in [0.25, 0.3) is 0 Å². The van der Waals surface area contributed by atoms with Crippen LogP contribution in [0.4, 0.5) is 5.69 Å². The molecule has 0 saturated carbocycles. The van der Waals surface area contributed by atoms with E-state index in [0.29, 0.717) is 12.1 Å². The predicted molar refractivity (Wildman–Crippen MR) is 133 cm³/mol. The maximum absolute atomic E-state index is 11.4. The van der Waals surface area contributed by atoms with Crippen molar-refractivity contribution < 1.29 is 39.3 Å². The number of carboxylic acids is 3. The summed E-state index contributed by atoms with van der Waals surface area (Å²) in [5, 5.41) is 32.8. The zero-order chi connectivity index (χ0) is 27.8. The number of aliphatic carboxylic acids is 3. The molecule has 0 aliphatic heterocycles. The molecule has 0 spiro atoms. The van der Waals surface area contributed by atoms with Crippen molar-refractivity contribution in [1.82, 2.24) is 10.6 Å². The number of benzene rings is 1. The highest BCUT2D eigenvalue weighted by atomic mass is 16.4. The Morgan fingerprint density at radius 3 is 1.89 bits per heavy atom. The Bertz CT molecular complexity index is 817. The first-order valence-electron chi connectivity index (χ1n) is 11.1. The number of hydrogen-bond donors (Lipinski definition) is 6. The number of anilines is 1. The molecule has 0 heterocycles. The van der Waals surface area contributed by atoms with Gasteiger partial charge in [0, 0.05) is 24.1 Å². The van der Waals surface area contributed by atoms with Gasteiger partial charge in [-0.1, -0.05) is 40.5 Å². The minimum Gasteiger partial charge on any atom is -0.481 e. The van der Waals surface area contributed by atoms with Crippen molar-refractivity contribution >= 4 is 35.4 Å². The third-order valence-electron chi connectivity index (χ3n) is 3.54. The molecule has 11 heteroatoms. The van der Waals surface area contributed by atoms with Crippen LogP contribution >= 0.6 is 0 Å². The molecule has 0 radical (unpaired) electrons. The van der Waals surface area contributed by atoms with Crippen molar-refractivity contribution in [2.75, 3.05) is 18.4 Å². The quantitative estimate of drug-likeness (QED) is 0.251. The summed E-state index contributed by atoms with van der Waals surface area (Å²) < 4.78 is 0. The Morgan fingerprint density at radius 2 is 1.49 bits per heavy atom. The number of terminal acetylenes is 1. The molecule has 0 aliphatic carbocycles. The second-order valence-corrected chi connectivity index (χ2v) is 5.96. The number of carbonyl (C=O) groups excluding carboxylic acids is 2. The summed E-state index contributed by atoms with van der Waals surface area (Å²) in [6.45, 7) is 9.60. The molecular weight excluding hydrogens is 458 g/mol. The van der Waals surface area contributed by atoms with E-state index in [9.17, 15) is 24.0 Å². The molecule has 1 rings (SSSR count). The minimum atomic E-state index is -1.21. The summed E-state index contributed by atoms with van der Waals surface area (Å²) in [5.41, 5.74) is 1.20. The molecule has 0 aliphatic rings. The van der Waals surface area contributed by atoms with Crippen LogP contribution in [0.3, 0.4) is 0 Å². The van der Waals surface area contributed by atoms with Gasteiger partial charge in [-0.3, -0.25) is 19.2 Å². The summed E-state index contributed by atoms with van der Waals surface area (Å²) in [5.74, 6) is -1.76. The molecule has 1 aromatic rings. The molecule has 0 fully saturated rings. The van der Waals surface area contributed by atoms with E-state index in [2.05, 4.69) is 21.9 Å². The van der Waals surface area contributed by atoms with Crippen LogP contribution in [-0.4, -0.2) is 64.2 Å². The summed E-state index contributed by atoms with van der Waals surface area (Å²) in [6, 6.07) is 5.48. The van der Waals surface area contributed by atoms with Gasteiger partial charge in [-0.25, -0.2) is 4.79 Å². The summed E-state index contributed by atoms with van der Waals surface area (Å²) in [4.78, 5) is 53.3. The van der Waals surface area contributed by atoms with Crippen molar-refractivity contribution in [3.63, 3.8) is 0 Å². The number of carboxylic acid groups (broad SMARTS) is 3. The molecule has 0 saturated heterocycles. The Labute approximate surface area is 206 Å². The molecule has 6 N–H and O–H groups in total. The SMILES string of the molecule is C#CCNc1ccc(C(=O)NCC(=O)O)cc1.CC.CC.CCC(=O)NC(CCC(=O)O)C(=O)O. The van der Waals surface area contributed by atoms with Crippen molar-refractivity contribution in [2.24, 2.45) is 0 Å². The standard InChI is InChI=1S/C12H12N2O3.C8H13NO5.2C2H6/c1-2-7-13-10-5-3-9(4-6-10)12(17)14-8-11(15)16;1-2-6(10)9-5(8(13)14)3-4-7(11)12;2*1-2/h1,3-6,13H,7-8H2,(H,14,17)(H,15,16);5H,2-4H2,1H3,(H,9,10)(H,11,12)(H,13,14);2*1-2H3. The highest BCUT2D eigenvalue weighted by molar-refractivity contribution is 5.96. The van der Waals surface area contributed by atoms with E-state index in [1.165, 1.54) is 0 Å². The average molecular weight is 496 g/mol. The van der Waals surface area contributed by atoms with Crippen molar-refractivity contribution in [3.05, 3.63) is 29.8 Å². The number of amides is 2. The fourth-order valence-corrected chi connectivity index (χ4v) is 1.97. The lowest BCUT2D eigenvalue weighted by Gasteiger charge is -2.12. The van der Waals surface area contributed by atoms with Crippen LogP contribution in [0.1, 0.15) is 64.2 Å². The van der Waals surface area contributed by atoms with Gasteiger partial charge in [0.05, 0.1) is 6.54 Å². The number of rotatable bonds is 11. The fourth-order valence-electron chi connectivity index (χ4n) is 1.97. The van der Waals surface area contributed by atoms with Gasteiger partial charge >= 0.3 is 17.9 Å². The maximum atomic E-state index is 11.4. The molecular formula is C24H37N3O8.